The molecule has 6 nitrogen and oxygen atoms in total. The Morgan fingerprint density at radius 3 is 2.44 bits per heavy atom. The molecule has 0 saturated heterocycles. The Hall–Kier alpha value is -3.35. The van der Waals surface area contributed by atoms with Gasteiger partial charge in [-0.15, -0.1) is 0 Å². The lowest BCUT2D eigenvalue weighted by Gasteiger charge is -2.33. The lowest BCUT2D eigenvalue weighted by molar-refractivity contribution is 0.250. The van der Waals surface area contributed by atoms with Gasteiger partial charge in [-0.05, 0) is 61.9 Å². The number of rotatable bonds is 6. The van der Waals surface area contributed by atoms with E-state index in [0.717, 1.165) is 48.1 Å². The molecular formula is C25H30FN5O. The zero-order valence-corrected chi connectivity index (χ0v) is 18.6. The second-order valence-electron chi connectivity index (χ2n) is 8.73. The van der Waals surface area contributed by atoms with Crippen molar-refractivity contribution in [1.82, 2.24) is 4.98 Å². The summed E-state index contributed by atoms with van der Waals surface area (Å²) in [6.45, 7) is 0.548. The third kappa shape index (κ3) is 4.93. The number of primary amides is 1. The van der Waals surface area contributed by atoms with Crippen LogP contribution in [0.15, 0.2) is 54.6 Å². The zero-order chi connectivity index (χ0) is 22.7. The van der Waals surface area contributed by atoms with Crippen LogP contribution in [-0.4, -0.2) is 37.7 Å². The molecule has 1 heterocycles. The minimum absolute atomic E-state index is 0.329. The number of nitrogens with zero attached hydrogens (tertiary/aromatic N) is 3. The molecule has 4 rings (SSSR count). The lowest BCUT2D eigenvalue weighted by Crippen LogP contribution is -2.41. The van der Waals surface area contributed by atoms with Gasteiger partial charge in [0, 0.05) is 49.5 Å². The molecule has 0 atom stereocenters. The Kier molecular flexibility index (Phi) is 6.44. The fraction of sp³-hybridized carbons (Fsp3) is 0.360. The van der Waals surface area contributed by atoms with Crippen molar-refractivity contribution in [3.05, 3.63) is 60.4 Å². The topological polar surface area (TPSA) is 74.5 Å². The van der Waals surface area contributed by atoms with Gasteiger partial charge >= 0.3 is 6.03 Å². The highest BCUT2D eigenvalue weighted by Gasteiger charge is 2.25. The van der Waals surface area contributed by atoms with E-state index < -0.39 is 6.03 Å². The lowest BCUT2D eigenvalue weighted by atomic mass is 9.85. The van der Waals surface area contributed by atoms with Crippen LogP contribution in [0.5, 0.6) is 0 Å². The van der Waals surface area contributed by atoms with Gasteiger partial charge in [-0.3, -0.25) is 4.90 Å². The number of nitrogens with two attached hydrogens (primary N) is 1. The maximum Gasteiger partial charge on any atom is 0.319 e. The van der Waals surface area contributed by atoms with Crippen molar-refractivity contribution in [2.75, 3.05) is 35.8 Å². The number of nitrogens with one attached hydrogen (secondary N) is 1. The van der Waals surface area contributed by atoms with Gasteiger partial charge in [0.1, 0.15) is 11.6 Å². The van der Waals surface area contributed by atoms with E-state index in [4.69, 9.17) is 10.7 Å². The van der Waals surface area contributed by atoms with Crippen LogP contribution in [0.4, 0.5) is 26.4 Å². The smallest absolute Gasteiger partial charge is 0.319 e. The summed E-state index contributed by atoms with van der Waals surface area (Å²) in [6.07, 6.45) is 3.95. The summed E-state index contributed by atoms with van der Waals surface area (Å²) in [4.78, 5) is 20.5. The first-order valence-electron chi connectivity index (χ1n) is 11.1. The van der Waals surface area contributed by atoms with Crippen molar-refractivity contribution in [2.45, 2.75) is 31.7 Å². The molecule has 3 aromatic rings. The van der Waals surface area contributed by atoms with E-state index in [1.807, 2.05) is 32.3 Å². The number of hydrogen-bond donors (Lipinski definition) is 2. The monoisotopic (exact) mass is 435 g/mol. The number of hydrogen-bond acceptors (Lipinski definition) is 4. The average Bonchev–Trinajstić information content (AvgIpc) is 2.78. The van der Waals surface area contributed by atoms with E-state index in [1.54, 1.807) is 17.0 Å². The molecule has 0 radical (unpaired) electrons. The molecule has 1 aromatic heterocycles. The molecule has 7 heteroatoms. The van der Waals surface area contributed by atoms with Gasteiger partial charge < -0.3 is 16.0 Å². The SMILES string of the molecule is CN(C)c1cc(N[C@H]2CC[C@@H](CN(C(N)=O)c3ccc(F)cc3)CC2)nc2ccccc12. The van der Waals surface area contributed by atoms with E-state index >= 15 is 0 Å². The molecule has 0 unspecified atom stereocenters. The molecule has 168 valence electrons. The molecule has 2 amide bonds. The van der Waals surface area contributed by atoms with Gasteiger partial charge in [-0.2, -0.15) is 0 Å². The maximum absolute atomic E-state index is 13.2. The van der Waals surface area contributed by atoms with E-state index in [9.17, 15) is 9.18 Å². The summed E-state index contributed by atoms with van der Waals surface area (Å²) >= 11 is 0. The number of carbonyl (C=O) groups excluding carboxylic acids is 1. The molecule has 3 N–H and O–H groups in total. The Morgan fingerprint density at radius 2 is 1.78 bits per heavy atom. The average molecular weight is 436 g/mol. The van der Waals surface area contributed by atoms with Crippen LogP contribution in [0.3, 0.4) is 0 Å². The minimum atomic E-state index is -0.506. The number of anilines is 3. The molecular weight excluding hydrogens is 405 g/mol. The minimum Gasteiger partial charge on any atom is -0.377 e. The first-order chi connectivity index (χ1) is 15.4. The predicted molar refractivity (Wildman–Crippen MR) is 129 cm³/mol. The fourth-order valence-electron chi connectivity index (χ4n) is 4.50. The first kappa shape index (κ1) is 21.9. The van der Waals surface area contributed by atoms with Gasteiger partial charge in [-0.1, -0.05) is 18.2 Å². The van der Waals surface area contributed by atoms with E-state index in [0.29, 0.717) is 24.2 Å². The van der Waals surface area contributed by atoms with Crippen LogP contribution in [0, 0.1) is 11.7 Å². The first-order valence-corrected chi connectivity index (χ1v) is 11.1. The molecule has 32 heavy (non-hydrogen) atoms. The van der Waals surface area contributed by atoms with E-state index in [-0.39, 0.29) is 5.82 Å². The molecule has 0 bridgehead atoms. The van der Waals surface area contributed by atoms with Gasteiger partial charge in [0.2, 0.25) is 0 Å². The summed E-state index contributed by atoms with van der Waals surface area (Å²) in [6, 6.07) is 16.0. The number of amides is 2. The van der Waals surface area contributed by atoms with Crippen molar-refractivity contribution in [3.8, 4) is 0 Å². The van der Waals surface area contributed by atoms with Crippen LogP contribution in [0.1, 0.15) is 25.7 Å². The molecule has 1 saturated carbocycles. The van der Waals surface area contributed by atoms with Crippen molar-refractivity contribution in [1.29, 1.82) is 0 Å². The number of para-hydroxylation sites is 1. The number of aromatic nitrogens is 1. The summed E-state index contributed by atoms with van der Waals surface area (Å²) in [5, 5.41) is 4.76. The van der Waals surface area contributed by atoms with Gasteiger partial charge in [0.15, 0.2) is 0 Å². The van der Waals surface area contributed by atoms with Crippen molar-refractivity contribution in [3.63, 3.8) is 0 Å². The van der Waals surface area contributed by atoms with Crippen molar-refractivity contribution < 1.29 is 9.18 Å². The van der Waals surface area contributed by atoms with E-state index in [1.165, 1.54) is 12.1 Å². The summed E-state index contributed by atoms with van der Waals surface area (Å²) in [7, 11) is 4.09. The number of carbonyl (C=O) groups is 1. The zero-order valence-electron chi connectivity index (χ0n) is 18.6. The number of fused-ring (bicyclic) bond motifs is 1. The van der Waals surface area contributed by atoms with Gasteiger partial charge in [0.25, 0.3) is 0 Å². The highest BCUT2D eigenvalue weighted by molar-refractivity contribution is 5.93. The Morgan fingerprint density at radius 1 is 1.09 bits per heavy atom. The standard InChI is InChI=1S/C25H30FN5O/c1-30(2)23-15-24(29-22-6-4-3-5-21(22)23)28-19-11-7-17(8-12-19)16-31(25(27)32)20-13-9-18(26)10-14-20/h3-6,9-10,13-15,17,19H,7-8,11-12,16H2,1-2H3,(H2,27,32)(H,28,29)/t17-,19+. The Balaban J connectivity index is 1.39. The highest BCUT2D eigenvalue weighted by Crippen LogP contribution is 2.31. The second kappa shape index (κ2) is 9.42. The number of halogens is 1. The Bertz CT molecular complexity index is 1080. The molecule has 2 aromatic carbocycles. The van der Waals surface area contributed by atoms with Crippen molar-refractivity contribution in [2.24, 2.45) is 11.7 Å². The maximum atomic E-state index is 13.2. The molecule has 1 fully saturated rings. The summed E-state index contributed by atoms with van der Waals surface area (Å²) in [5.41, 5.74) is 8.36. The number of urea groups is 1. The summed E-state index contributed by atoms with van der Waals surface area (Å²) < 4.78 is 13.2. The van der Waals surface area contributed by atoms with Crippen LogP contribution in [0.2, 0.25) is 0 Å². The number of pyridine rings is 1. The van der Waals surface area contributed by atoms with Crippen LogP contribution in [0.25, 0.3) is 10.9 Å². The Labute approximate surface area is 188 Å². The fourth-order valence-corrected chi connectivity index (χ4v) is 4.50. The second-order valence-corrected chi connectivity index (χ2v) is 8.73. The predicted octanol–water partition coefficient (Wildman–Crippen LogP) is 5.00. The van der Waals surface area contributed by atoms with Crippen LogP contribution in [-0.2, 0) is 0 Å². The molecule has 0 aliphatic heterocycles. The van der Waals surface area contributed by atoms with Crippen molar-refractivity contribution >= 4 is 34.1 Å². The third-order valence-electron chi connectivity index (χ3n) is 6.22. The number of benzene rings is 2. The van der Waals surface area contributed by atoms with Crippen LogP contribution >= 0.6 is 0 Å². The molecule has 0 spiro atoms. The van der Waals surface area contributed by atoms with Gasteiger partial charge in [0.05, 0.1) is 5.52 Å². The van der Waals surface area contributed by atoms with E-state index in [2.05, 4.69) is 22.3 Å². The third-order valence-corrected chi connectivity index (χ3v) is 6.22. The summed E-state index contributed by atoms with van der Waals surface area (Å²) in [5.74, 6) is 0.915. The quantitative estimate of drug-likeness (QED) is 0.572. The highest BCUT2D eigenvalue weighted by atomic mass is 19.1. The molecule has 1 aliphatic carbocycles. The van der Waals surface area contributed by atoms with Crippen LogP contribution < -0.4 is 20.9 Å². The largest absolute Gasteiger partial charge is 0.377 e. The normalized spacial score (nSPS) is 18.3. The molecule has 1 aliphatic rings. The van der Waals surface area contributed by atoms with Gasteiger partial charge in [-0.25, -0.2) is 14.2 Å².